The number of amides is 1. The van der Waals surface area contributed by atoms with Crippen molar-refractivity contribution in [1.82, 2.24) is 10.6 Å². The lowest BCUT2D eigenvalue weighted by Gasteiger charge is -2.22. The van der Waals surface area contributed by atoms with Crippen LogP contribution in [0.2, 0.25) is 0 Å². The van der Waals surface area contributed by atoms with Crippen LogP contribution in [0.3, 0.4) is 0 Å². The molecular formula is C11H15F3N2O. The summed E-state index contributed by atoms with van der Waals surface area (Å²) in [5.41, 5.74) is 0.159. The van der Waals surface area contributed by atoms with Gasteiger partial charge >= 0.3 is 6.18 Å². The van der Waals surface area contributed by atoms with Gasteiger partial charge in [0.25, 0.3) is 0 Å². The number of nitrogens with one attached hydrogen (secondary N) is 2. The van der Waals surface area contributed by atoms with Crippen LogP contribution in [-0.4, -0.2) is 25.2 Å². The van der Waals surface area contributed by atoms with Crippen molar-refractivity contribution in [3.05, 3.63) is 37.1 Å². The Hall–Kier alpha value is -1.72. The maximum absolute atomic E-state index is 12.6. The van der Waals surface area contributed by atoms with Crippen LogP contribution in [0.5, 0.6) is 0 Å². The summed E-state index contributed by atoms with van der Waals surface area (Å²) in [6.45, 7) is 6.74. The van der Waals surface area contributed by atoms with Crippen LogP contribution in [0.1, 0.15) is 6.42 Å². The van der Waals surface area contributed by atoms with E-state index in [0.29, 0.717) is 0 Å². The normalized spacial score (nSPS) is 13.8. The maximum atomic E-state index is 12.6. The Morgan fingerprint density at radius 3 is 2.35 bits per heavy atom. The smallest absolute Gasteiger partial charge is 0.374 e. The number of hydrogen-bond donors (Lipinski definition) is 2. The van der Waals surface area contributed by atoms with Crippen molar-refractivity contribution < 1.29 is 18.0 Å². The van der Waals surface area contributed by atoms with E-state index in [1.54, 1.807) is 0 Å². The van der Waals surface area contributed by atoms with Gasteiger partial charge in [0.2, 0.25) is 5.91 Å². The molecule has 1 unspecified atom stereocenters. The van der Waals surface area contributed by atoms with Gasteiger partial charge in [-0.1, -0.05) is 19.2 Å². The van der Waals surface area contributed by atoms with Gasteiger partial charge in [-0.15, -0.1) is 0 Å². The number of halogens is 3. The molecule has 0 saturated heterocycles. The van der Waals surface area contributed by atoms with Crippen molar-refractivity contribution >= 4 is 5.91 Å². The van der Waals surface area contributed by atoms with Gasteiger partial charge in [0.05, 0.1) is 6.42 Å². The lowest BCUT2D eigenvalue weighted by Crippen LogP contribution is -2.44. The first kappa shape index (κ1) is 15.3. The second kappa shape index (κ2) is 6.78. The van der Waals surface area contributed by atoms with Crippen LogP contribution in [0.4, 0.5) is 13.2 Å². The summed E-state index contributed by atoms with van der Waals surface area (Å²) in [6, 6.07) is -1.95. The predicted molar refractivity (Wildman–Crippen MR) is 60.1 cm³/mol. The van der Waals surface area contributed by atoms with E-state index in [2.05, 4.69) is 23.8 Å². The average molecular weight is 248 g/mol. The third kappa shape index (κ3) is 5.79. The highest BCUT2D eigenvalue weighted by Crippen LogP contribution is 2.23. The molecule has 0 fully saturated rings. The van der Waals surface area contributed by atoms with E-state index in [9.17, 15) is 18.0 Å². The van der Waals surface area contributed by atoms with Crippen molar-refractivity contribution in [2.45, 2.75) is 18.6 Å². The Morgan fingerprint density at radius 2 is 2.00 bits per heavy atom. The molecule has 0 aromatic heterocycles. The highest BCUT2D eigenvalue weighted by Gasteiger charge is 2.40. The molecule has 3 nitrogen and oxygen atoms in total. The molecule has 0 aromatic carbocycles. The molecule has 2 N–H and O–H groups in total. The second-order valence-electron chi connectivity index (χ2n) is 3.18. The molecule has 17 heavy (non-hydrogen) atoms. The SMILES string of the molecule is C=C/C=C(\C=C)NC(CC(=O)NC)C(F)(F)F. The van der Waals surface area contributed by atoms with E-state index in [1.807, 2.05) is 0 Å². The highest BCUT2D eigenvalue weighted by atomic mass is 19.4. The fraction of sp³-hybridized carbons (Fsp3) is 0.364. The van der Waals surface area contributed by atoms with Gasteiger partial charge in [0, 0.05) is 12.7 Å². The molecule has 0 aliphatic carbocycles. The molecule has 1 atom stereocenters. The first-order valence-electron chi connectivity index (χ1n) is 4.84. The standard InChI is InChI=1S/C11H15F3N2O/c1-4-6-8(5-2)16-9(11(12,13)14)7-10(17)15-3/h4-6,9,16H,1-2,7H2,3H3,(H,15,17)/b8-6+. The van der Waals surface area contributed by atoms with E-state index < -0.39 is 24.5 Å². The lowest BCUT2D eigenvalue weighted by molar-refractivity contribution is -0.159. The van der Waals surface area contributed by atoms with Gasteiger partial charge in [-0.3, -0.25) is 4.79 Å². The fourth-order valence-corrected chi connectivity index (χ4v) is 1.04. The topological polar surface area (TPSA) is 41.1 Å². The molecule has 0 spiro atoms. The van der Waals surface area contributed by atoms with Crippen LogP contribution in [0.15, 0.2) is 37.1 Å². The quantitative estimate of drug-likeness (QED) is 0.705. The van der Waals surface area contributed by atoms with Gasteiger partial charge in [-0.05, 0) is 12.2 Å². The summed E-state index contributed by atoms with van der Waals surface area (Å²) in [4.78, 5) is 11.0. The summed E-state index contributed by atoms with van der Waals surface area (Å²) in [6.07, 6.45) is -1.31. The first-order chi connectivity index (χ1) is 7.85. The summed E-state index contributed by atoms with van der Waals surface area (Å²) in [7, 11) is 1.28. The van der Waals surface area contributed by atoms with E-state index in [-0.39, 0.29) is 5.70 Å². The minimum atomic E-state index is -4.52. The van der Waals surface area contributed by atoms with Gasteiger partial charge in [-0.2, -0.15) is 13.2 Å². The summed E-state index contributed by atoms with van der Waals surface area (Å²) < 4.78 is 37.9. The minimum absolute atomic E-state index is 0.159. The zero-order valence-electron chi connectivity index (χ0n) is 9.47. The van der Waals surface area contributed by atoms with Gasteiger partial charge in [0.15, 0.2) is 0 Å². The van der Waals surface area contributed by atoms with Crippen molar-refractivity contribution in [2.24, 2.45) is 0 Å². The Balaban J connectivity index is 4.82. The molecule has 96 valence electrons. The van der Waals surface area contributed by atoms with E-state index in [0.717, 1.165) is 0 Å². The zero-order valence-corrected chi connectivity index (χ0v) is 9.47. The van der Waals surface area contributed by atoms with Crippen molar-refractivity contribution in [2.75, 3.05) is 7.05 Å². The number of rotatable bonds is 6. The summed E-state index contributed by atoms with van der Waals surface area (Å²) in [5, 5.41) is 4.34. The van der Waals surface area contributed by atoms with Crippen LogP contribution in [0, 0.1) is 0 Å². The van der Waals surface area contributed by atoms with Crippen LogP contribution < -0.4 is 10.6 Å². The van der Waals surface area contributed by atoms with Crippen LogP contribution in [-0.2, 0) is 4.79 Å². The highest BCUT2D eigenvalue weighted by molar-refractivity contribution is 5.76. The molecule has 0 aromatic rings. The monoisotopic (exact) mass is 248 g/mol. The molecule has 6 heteroatoms. The molecule has 0 heterocycles. The molecule has 1 amide bonds. The Kier molecular flexibility index (Phi) is 6.09. The average Bonchev–Trinajstić information content (AvgIpc) is 2.25. The van der Waals surface area contributed by atoms with Gasteiger partial charge in [0.1, 0.15) is 6.04 Å². The second-order valence-corrected chi connectivity index (χ2v) is 3.18. The first-order valence-corrected chi connectivity index (χ1v) is 4.84. The number of alkyl halides is 3. The lowest BCUT2D eigenvalue weighted by atomic mass is 10.1. The number of allylic oxidation sites excluding steroid dienone is 3. The molecule has 0 radical (unpaired) electrons. The summed E-state index contributed by atoms with van der Waals surface area (Å²) in [5.74, 6) is -0.693. The zero-order chi connectivity index (χ0) is 13.5. The molecule has 0 bridgehead atoms. The fourth-order valence-electron chi connectivity index (χ4n) is 1.04. The minimum Gasteiger partial charge on any atom is -0.374 e. The maximum Gasteiger partial charge on any atom is 0.409 e. The Labute approximate surface area is 98.1 Å². The summed E-state index contributed by atoms with van der Waals surface area (Å²) >= 11 is 0. The number of hydrogen-bond acceptors (Lipinski definition) is 2. The van der Waals surface area contributed by atoms with Crippen molar-refractivity contribution in [1.29, 1.82) is 0 Å². The Bertz CT molecular complexity index is 321. The third-order valence-corrected chi connectivity index (χ3v) is 1.92. The van der Waals surface area contributed by atoms with Gasteiger partial charge in [-0.25, -0.2) is 0 Å². The van der Waals surface area contributed by atoms with Crippen LogP contribution in [0.25, 0.3) is 0 Å². The molecule has 0 aliphatic heterocycles. The van der Waals surface area contributed by atoms with Gasteiger partial charge < -0.3 is 10.6 Å². The third-order valence-electron chi connectivity index (χ3n) is 1.92. The van der Waals surface area contributed by atoms with E-state index in [1.165, 1.54) is 25.3 Å². The van der Waals surface area contributed by atoms with Crippen LogP contribution >= 0.6 is 0 Å². The molecule has 0 saturated carbocycles. The molecule has 0 rings (SSSR count). The largest absolute Gasteiger partial charge is 0.409 e. The Morgan fingerprint density at radius 1 is 1.41 bits per heavy atom. The van der Waals surface area contributed by atoms with E-state index in [4.69, 9.17) is 0 Å². The molecule has 0 aliphatic rings. The number of carbonyl (C=O) groups is 1. The van der Waals surface area contributed by atoms with Crippen molar-refractivity contribution in [3.63, 3.8) is 0 Å². The van der Waals surface area contributed by atoms with Crippen molar-refractivity contribution in [3.8, 4) is 0 Å². The number of carbonyl (C=O) groups excluding carboxylic acids is 1. The molecular weight excluding hydrogens is 233 g/mol. The van der Waals surface area contributed by atoms with E-state index >= 15 is 0 Å². The predicted octanol–water partition coefficient (Wildman–Crippen LogP) is 1.90.